The third kappa shape index (κ3) is 3.25. The first kappa shape index (κ1) is 9.74. The van der Waals surface area contributed by atoms with E-state index in [1.807, 2.05) is 35.2 Å². The number of hydrogen-bond acceptors (Lipinski definition) is 2. The van der Waals surface area contributed by atoms with Crippen molar-refractivity contribution < 1.29 is 0 Å². The van der Waals surface area contributed by atoms with Gasteiger partial charge in [0.05, 0.1) is 6.34 Å². The van der Waals surface area contributed by atoms with Gasteiger partial charge in [0.2, 0.25) is 0 Å². The monoisotopic (exact) mass is 177 g/mol. The lowest BCUT2D eigenvalue weighted by Gasteiger charge is -2.17. The van der Waals surface area contributed by atoms with Crippen LogP contribution < -0.4 is 5.73 Å². The predicted molar refractivity (Wildman–Crippen MR) is 54.7 cm³/mol. The maximum absolute atomic E-state index is 7.16. The van der Waals surface area contributed by atoms with Crippen molar-refractivity contribution >= 4 is 6.34 Å². The van der Waals surface area contributed by atoms with Crippen molar-refractivity contribution in [2.75, 3.05) is 13.1 Å². The van der Waals surface area contributed by atoms with E-state index in [0.717, 1.165) is 13.1 Å². The first-order chi connectivity index (χ1) is 6.36. The van der Waals surface area contributed by atoms with E-state index in [4.69, 9.17) is 11.1 Å². The van der Waals surface area contributed by atoms with Crippen molar-refractivity contribution in [3.8, 4) is 0 Å². The van der Waals surface area contributed by atoms with Crippen LogP contribution in [-0.2, 0) is 6.54 Å². The Labute approximate surface area is 78.7 Å². The molecule has 3 N–H and O–H groups in total. The smallest absolute Gasteiger partial charge is 0.0820 e. The summed E-state index contributed by atoms with van der Waals surface area (Å²) in [5.41, 5.74) is 6.62. The van der Waals surface area contributed by atoms with Gasteiger partial charge in [-0.15, -0.1) is 0 Å². The Morgan fingerprint density at radius 1 is 1.31 bits per heavy atom. The molecule has 13 heavy (non-hydrogen) atoms. The third-order valence-electron chi connectivity index (χ3n) is 1.83. The van der Waals surface area contributed by atoms with Crippen LogP contribution in [0, 0.1) is 5.41 Å². The van der Waals surface area contributed by atoms with Crippen molar-refractivity contribution in [3.05, 3.63) is 35.9 Å². The SMILES string of the molecule is N=CN(CCN)Cc1ccccc1. The number of nitrogens with two attached hydrogens (primary N) is 1. The van der Waals surface area contributed by atoms with E-state index in [2.05, 4.69) is 0 Å². The van der Waals surface area contributed by atoms with Crippen LogP contribution >= 0.6 is 0 Å². The van der Waals surface area contributed by atoms with Gasteiger partial charge in [-0.1, -0.05) is 30.3 Å². The Hall–Kier alpha value is -1.35. The van der Waals surface area contributed by atoms with E-state index in [0.29, 0.717) is 6.54 Å². The van der Waals surface area contributed by atoms with Crippen LogP contribution in [0.5, 0.6) is 0 Å². The molecule has 0 fully saturated rings. The number of rotatable bonds is 5. The molecule has 0 saturated carbocycles. The maximum atomic E-state index is 7.16. The molecule has 0 aromatic heterocycles. The zero-order valence-electron chi connectivity index (χ0n) is 7.61. The fourth-order valence-electron chi connectivity index (χ4n) is 1.17. The van der Waals surface area contributed by atoms with E-state index >= 15 is 0 Å². The third-order valence-corrected chi connectivity index (χ3v) is 1.83. The molecule has 3 nitrogen and oxygen atoms in total. The topological polar surface area (TPSA) is 53.1 Å². The number of hydrogen-bond donors (Lipinski definition) is 2. The standard InChI is InChI=1S/C10H15N3/c11-6-7-13(9-12)8-10-4-2-1-3-5-10/h1-5,9,12H,6-8,11H2. The molecule has 0 aliphatic rings. The molecule has 70 valence electrons. The second kappa shape index (κ2) is 5.32. The molecule has 0 amide bonds. The molecule has 0 radical (unpaired) electrons. The summed E-state index contributed by atoms with van der Waals surface area (Å²) in [7, 11) is 0. The second-order valence-corrected chi connectivity index (χ2v) is 2.87. The molecule has 3 heteroatoms. The number of nitrogens with one attached hydrogen (secondary N) is 1. The molecule has 0 aliphatic carbocycles. The van der Waals surface area contributed by atoms with Crippen molar-refractivity contribution in [1.29, 1.82) is 5.41 Å². The Bertz CT molecular complexity index is 246. The highest BCUT2D eigenvalue weighted by atomic mass is 15.1. The summed E-state index contributed by atoms with van der Waals surface area (Å²) in [5.74, 6) is 0. The van der Waals surface area contributed by atoms with Gasteiger partial charge in [-0.3, -0.25) is 5.41 Å². The van der Waals surface area contributed by atoms with Gasteiger partial charge in [0.1, 0.15) is 0 Å². The molecular formula is C10H15N3. The van der Waals surface area contributed by atoms with Gasteiger partial charge in [0, 0.05) is 19.6 Å². The van der Waals surface area contributed by atoms with E-state index in [1.165, 1.54) is 11.9 Å². The summed E-state index contributed by atoms with van der Waals surface area (Å²) in [5, 5.41) is 7.16. The average Bonchev–Trinajstić information content (AvgIpc) is 2.19. The Morgan fingerprint density at radius 2 is 2.00 bits per heavy atom. The summed E-state index contributed by atoms with van der Waals surface area (Å²) in [4.78, 5) is 1.88. The molecule has 1 aromatic rings. The Kier molecular flexibility index (Phi) is 3.99. The molecular weight excluding hydrogens is 162 g/mol. The Morgan fingerprint density at radius 3 is 2.54 bits per heavy atom. The molecule has 0 atom stereocenters. The number of benzene rings is 1. The summed E-state index contributed by atoms with van der Waals surface area (Å²) in [6.07, 6.45) is 1.33. The average molecular weight is 177 g/mol. The summed E-state index contributed by atoms with van der Waals surface area (Å²) >= 11 is 0. The van der Waals surface area contributed by atoms with Crippen LogP contribution in [0.4, 0.5) is 0 Å². The zero-order chi connectivity index (χ0) is 9.52. The van der Waals surface area contributed by atoms with Gasteiger partial charge in [-0.25, -0.2) is 0 Å². The molecule has 0 spiro atoms. The lowest BCUT2D eigenvalue weighted by Crippen LogP contribution is -2.27. The highest BCUT2D eigenvalue weighted by Gasteiger charge is 1.98. The van der Waals surface area contributed by atoms with Crippen LogP contribution in [-0.4, -0.2) is 24.3 Å². The van der Waals surface area contributed by atoms with Crippen molar-refractivity contribution in [2.24, 2.45) is 5.73 Å². The maximum Gasteiger partial charge on any atom is 0.0820 e. The first-order valence-corrected chi connectivity index (χ1v) is 4.35. The normalized spacial score (nSPS) is 9.62. The fourth-order valence-corrected chi connectivity index (χ4v) is 1.17. The van der Waals surface area contributed by atoms with Gasteiger partial charge in [-0.2, -0.15) is 0 Å². The van der Waals surface area contributed by atoms with Gasteiger partial charge >= 0.3 is 0 Å². The summed E-state index contributed by atoms with van der Waals surface area (Å²) in [6.45, 7) is 2.09. The predicted octanol–water partition coefficient (Wildman–Crippen LogP) is 1.05. The highest BCUT2D eigenvalue weighted by molar-refractivity contribution is 5.50. The molecule has 1 aromatic carbocycles. The van der Waals surface area contributed by atoms with Gasteiger partial charge < -0.3 is 10.6 Å². The van der Waals surface area contributed by atoms with Crippen LogP contribution in [0.15, 0.2) is 30.3 Å². The van der Waals surface area contributed by atoms with E-state index < -0.39 is 0 Å². The minimum absolute atomic E-state index is 0.586. The van der Waals surface area contributed by atoms with Crippen LogP contribution in [0.3, 0.4) is 0 Å². The highest BCUT2D eigenvalue weighted by Crippen LogP contribution is 2.01. The lowest BCUT2D eigenvalue weighted by molar-refractivity contribution is 0.433. The van der Waals surface area contributed by atoms with Crippen LogP contribution in [0.1, 0.15) is 5.56 Å². The second-order valence-electron chi connectivity index (χ2n) is 2.87. The van der Waals surface area contributed by atoms with Gasteiger partial charge in [0.25, 0.3) is 0 Å². The zero-order valence-corrected chi connectivity index (χ0v) is 7.61. The van der Waals surface area contributed by atoms with Crippen molar-refractivity contribution in [2.45, 2.75) is 6.54 Å². The van der Waals surface area contributed by atoms with E-state index in [1.54, 1.807) is 0 Å². The molecule has 0 heterocycles. The van der Waals surface area contributed by atoms with Crippen LogP contribution in [0.2, 0.25) is 0 Å². The quantitative estimate of drug-likeness (QED) is 0.522. The molecule has 0 saturated heterocycles. The molecule has 0 bridgehead atoms. The minimum atomic E-state index is 0.586. The fraction of sp³-hybridized carbons (Fsp3) is 0.300. The van der Waals surface area contributed by atoms with E-state index in [-0.39, 0.29) is 0 Å². The molecule has 0 aliphatic heterocycles. The van der Waals surface area contributed by atoms with Crippen LogP contribution in [0.25, 0.3) is 0 Å². The largest absolute Gasteiger partial charge is 0.358 e. The summed E-state index contributed by atoms with van der Waals surface area (Å²) in [6, 6.07) is 10.1. The molecule has 1 rings (SSSR count). The Balaban J connectivity index is 2.51. The van der Waals surface area contributed by atoms with Gasteiger partial charge in [0.15, 0.2) is 0 Å². The van der Waals surface area contributed by atoms with Crippen molar-refractivity contribution in [1.82, 2.24) is 4.90 Å². The molecule has 0 unspecified atom stereocenters. The lowest BCUT2D eigenvalue weighted by atomic mass is 10.2. The number of nitrogens with zero attached hydrogens (tertiary/aromatic N) is 1. The first-order valence-electron chi connectivity index (χ1n) is 4.35. The van der Waals surface area contributed by atoms with Gasteiger partial charge in [-0.05, 0) is 5.56 Å². The van der Waals surface area contributed by atoms with E-state index in [9.17, 15) is 0 Å². The van der Waals surface area contributed by atoms with Crippen molar-refractivity contribution in [3.63, 3.8) is 0 Å². The summed E-state index contributed by atoms with van der Waals surface area (Å²) < 4.78 is 0. The minimum Gasteiger partial charge on any atom is -0.358 e.